The number of carbonyl (C=O) groups is 2. The molecular formula is C30H33F2N3O3. The van der Waals surface area contributed by atoms with Crippen molar-refractivity contribution in [2.45, 2.75) is 43.4 Å². The zero-order valence-electron chi connectivity index (χ0n) is 21.5. The van der Waals surface area contributed by atoms with E-state index in [0.29, 0.717) is 12.6 Å². The second-order valence-corrected chi connectivity index (χ2v) is 10.0. The Morgan fingerprint density at radius 3 is 2.21 bits per heavy atom. The summed E-state index contributed by atoms with van der Waals surface area (Å²) < 4.78 is 27.2. The first-order valence-corrected chi connectivity index (χ1v) is 12.7. The van der Waals surface area contributed by atoms with Gasteiger partial charge in [0.05, 0.1) is 5.54 Å². The van der Waals surface area contributed by atoms with E-state index in [4.69, 9.17) is 0 Å². The summed E-state index contributed by atoms with van der Waals surface area (Å²) in [5.41, 5.74) is 1.02. The first-order valence-electron chi connectivity index (χ1n) is 12.7. The van der Waals surface area contributed by atoms with Gasteiger partial charge in [-0.25, -0.2) is 8.78 Å². The summed E-state index contributed by atoms with van der Waals surface area (Å²) in [5, 5.41) is 16.2. The molecule has 3 aromatic carbocycles. The van der Waals surface area contributed by atoms with Crippen LogP contribution in [-0.4, -0.2) is 48.0 Å². The van der Waals surface area contributed by atoms with Gasteiger partial charge in [0.2, 0.25) is 5.91 Å². The lowest BCUT2D eigenvalue weighted by atomic mass is 9.72. The lowest BCUT2D eigenvalue weighted by molar-refractivity contribution is -0.134. The highest BCUT2D eigenvalue weighted by Gasteiger charge is 2.45. The van der Waals surface area contributed by atoms with Crippen LogP contribution >= 0.6 is 0 Å². The van der Waals surface area contributed by atoms with Crippen LogP contribution < -0.4 is 10.6 Å². The molecule has 4 rings (SSSR count). The number of aliphatic hydroxyl groups is 1. The van der Waals surface area contributed by atoms with Gasteiger partial charge in [0.1, 0.15) is 17.7 Å². The maximum Gasteiger partial charge on any atom is 0.254 e. The Morgan fingerprint density at radius 1 is 0.974 bits per heavy atom. The molecule has 1 unspecified atom stereocenters. The highest BCUT2D eigenvalue weighted by atomic mass is 19.1. The van der Waals surface area contributed by atoms with Gasteiger partial charge in [0, 0.05) is 18.5 Å². The maximum absolute atomic E-state index is 13.6. The number of rotatable bonds is 7. The number of nitrogens with zero attached hydrogens (tertiary/aromatic N) is 1. The van der Waals surface area contributed by atoms with Gasteiger partial charge in [-0.15, -0.1) is 0 Å². The average molecular weight is 522 g/mol. The number of aliphatic hydroxyl groups excluding tert-OH is 1. The smallest absolute Gasteiger partial charge is 0.254 e. The molecule has 1 saturated heterocycles. The minimum Gasteiger partial charge on any atom is -0.378 e. The van der Waals surface area contributed by atoms with Gasteiger partial charge in [0.25, 0.3) is 5.91 Å². The van der Waals surface area contributed by atoms with Crippen molar-refractivity contribution in [3.05, 3.63) is 107 Å². The zero-order valence-corrected chi connectivity index (χ0v) is 21.5. The molecule has 1 aliphatic heterocycles. The first-order chi connectivity index (χ1) is 18.2. The number of carbonyl (C=O) groups excluding carboxylic acids is 2. The van der Waals surface area contributed by atoms with Gasteiger partial charge in [-0.2, -0.15) is 0 Å². The topological polar surface area (TPSA) is 81.7 Å². The van der Waals surface area contributed by atoms with Gasteiger partial charge in [0.15, 0.2) is 6.10 Å². The van der Waals surface area contributed by atoms with Crippen molar-refractivity contribution < 1.29 is 23.5 Å². The number of hydrogen-bond acceptors (Lipinski definition) is 4. The van der Waals surface area contributed by atoms with E-state index in [1.165, 1.54) is 6.92 Å². The van der Waals surface area contributed by atoms with E-state index in [1.54, 1.807) is 0 Å². The number of likely N-dealkylation sites (tertiary alicyclic amines) is 1. The molecule has 1 aliphatic rings. The van der Waals surface area contributed by atoms with Crippen LogP contribution in [0.4, 0.5) is 8.78 Å². The van der Waals surface area contributed by atoms with Crippen LogP contribution in [0.1, 0.15) is 48.5 Å². The Balaban J connectivity index is 1.63. The minimum absolute atomic E-state index is 0.0382. The number of nitrogens with one attached hydrogen (secondary N) is 2. The fourth-order valence-corrected chi connectivity index (χ4v) is 5.36. The summed E-state index contributed by atoms with van der Waals surface area (Å²) in [7, 11) is 2.02. The second kappa shape index (κ2) is 11.8. The normalized spacial score (nSPS) is 21.7. The quantitative estimate of drug-likeness (QED) is 0.439. The Hall–Kier alpha value is -3.62. The third-order valence-electron chi connectivity index (χ3n) is 7.18. The summed E-state index contributed by atoms with van der Waals surface area (Å²) in [4.78, 5) is 28.6. The Morgan fingerprint density at radius 2 is 1.58 bits per heavy atom. The predicted molar refractivity (Wildman–Crippen MR) is 141 cm³/mol. The molecule has 0 saturated carbocycles. The van der Waals surface area contributed by atoms with E-state index in [0.717, 1.165) is 42.6 Å². The van der Waals surface area contributed by atoms with Crippen molar-refractivity contribution in [1.29, 1.82) is 0 Å². The van der Waals surface area contributed by atoms with Gasteiger partial charge >= 0.3 is 0 Å². The standard InChI is InChI=1S/C30H33F2N3O3/c1-20(33-29(38)27(36)22-16-24(31)18-25(32)17-22)28(37)34-30(23-12-7-4-8-13-23)19-35(2)15-9-14-26(30)21-10-5-3-6-11-21/h3-8,10-13,16-18,20,26-27,36H,9,14-15,19H2,1-2H3,(H,33,38)(H,34,37)/t20?,26-,27-,30-/m1/s1. The summed E-state index contributed by atoms with van der Waals surface area (Å²) in [6.07, 6.45) is -0.0447. The molecule has 1 fully saturated rings. The molecular weight excluding hydrogens is 488 g/mol. The van der Waals surface area contributed by atoms with Crippen molar-refractivity contribution in [2.75, 3.05) is 20.1 Å². The maximum atomic E-state index is 13.6. The summed E-state index contributed by atoms with van der Waals surface area (Å²) >= 11 is 0. The Labute approximate surface area is 221 Å². The number of amides is 2. The highest BCUT2D eigenvalue weighted by molar-refractivity contribution is 5.90. The fourth-order valence-electron chi connectivity index (χ4n) is 5.36. The van der Waals surface area contributed by atoms with E-state index < -0.39 is 41.1 Å². The molecule has 4 atom stereocenters. The third-order valence-corrected chi connectivity index (χ3v) is 7.18. The molecule has 0 aromatic heterocycles. The number of benzene rings is 3. The second-order valence-electron chi connectivity index (χ2n) is 10.0. The van der Waals surface area contributed by atoms with Crippen LogP contribution in [0, 0.1) is 11.6 Å². The molecule has 6 nitrogen and oxygen atoms in total. The SMILES string of the molecule is CC(NC(=O)[C@H](O)c1cc(F)cc(F)c1)C(=O)N[C@@]1(c2ccccc2)CN(C)CCC[C@@H]1c1ccccc1. The molecule has 0 bridgehead atoms. The molecule has 2 amide bonds. The van der Waals surface area contributed by atoms with E-state index in [2.05, 4.69) is 27.7 Å². The van der Waals surface area contributed by atoms with E-state index in [1.807, 2.05) is 55.6 Å². The summed E-state index contributed by atoms with van der Waals surface area (Å²) in [6.45, 7) is 2.94. The molecule has 0 radical (unpaired) electrons. The van der Waals surface area contributed by atoms with Crippen molar-refractivity contribution in [2.24, 2.45) is 0 Å². The van der Waals surface area contributed by atoms with E-state index >= 15 is 0 Å². The van der Waals surface area contributed by atoms with E-state index in [9.17, 15) is 23.5 Å². The van der Waals surface area contributed by atoms with Crippen molar-refractivity contribution in [3.63, 3.8) is 0 Å². The summed E-state index contributed by atoms with van der Waals surface area (Å²) in [5.74, 6) is -3.22. The monoisotopic (exact) mass is 521 g/mol. The molecule has 3 N–H and O–H groups in total. The van der Waals surface area contributed by atoms with Crippen molar-refractivity contribution >= 4 is 11.8 Å². The average Bonchev–Trinajstić information content (AvgIpc) is 3.07. The van der Waals surface area contributed by atoms with E-state index in [-0.39, 0.29) is 11.5 Å². The van der Waals surface area contributed by atoms with Gasteiger partial charge in [-0.05, 0) is 62.2 Å². The van der Waals surface area contributed by atoms with Crippen molar-refractivity contribution in [3.8, 4) is 0 Å². The molecule has 8 heteroatoms. The molecule has 1 heterocycles. The molecule has 200 valence electrons. The fraction of sp³-hybridized carbons (Fsp3) is 0.333. The molecule has 0 aliphatic carbocycles. The first kappa shape index (κ1) is 27.4. The zero-order chi connectivity index (χ0) is 27.3. The summed E-state index contributed by atoms with van der Waals surface area (Å²) in [6, 6.07) is 21.3. The van der Waals surface area contributed by atoms with Gasteiger partial charge < -0.3 is 20.6 Å². The highest BCUT2D eigenvalue weighted by Crippen LogP contribution is 2.42. The van der Waals surface area contributed by atoms with Gasteiger partial charge in [-0.3, -0.25) is 9.59 Å². The number of halogens is 2. The minimum atomic E-state index is -1.83. The Bertz CT molecular complexity index is 1240. The molecule has 3 aromatic rings. The largest absolute Gasteiger partial charge is 0.378 e. The lowest BCUT2D eigenvalue weighted by Gasteiger charge is -2.43. The van der Waals surface area contributed by atoms with Crippen LogP contribution in [0.2, 0.25) is 0 Å². The van der Waals surface area contributed by atoms with Crippen LogP contribution in [0.5, 0.6) is 0 Å². The Kier molecular flexibility index (Phi) is 8.54. The number of likely N-dealkylation sites (N-methyl/N-ethyl adjacent to an activating group) is 1. The van der Waals surface area contributed by atoms with Crippen LogP contribution in [0.25, 0.3) is 0 Å². The van der Waals surface area contributed by atoms with Crippen LogP contribution in [-0.2, 0) is 15.1 Å². The van der Waals surface area contributed by atoms with Crippen LogP contribution in [0.3, 0.4) is 0 Å². The third kappa shape index (κ3) is 6.09. The van der Waals surface area contributed by atoms with Crippen molar-refractivity contribution in [1.82, 2.24) is 15.5 Å². The van der Waals surface area contributed by atoms with Gasteiger partial charge in [-0.1, -0.05) is 60.7 Å². The molecule has 0 spiro atoms. The predicted octanol–water partition coefficient (Wildman–Crippen LogP) is 4.02. The lowest BCUT2D eigenvalue weighted by Crippen LogP contribution is -2.59. The van der Waals surface area contributed by atoms with Crippen LogP contribution in [0.15, 0.2) is 78.9 Å². The number of hydrogen-bond donors (Lipinski definition) is 3. The molecule has 38 heavy (non-hydrogen) atoms.